The van der Waals surface area contributed by atoms with Crippen LogP contribution in [0.25, 0.3) is 0 Å². The lowest BCUT2D eigenvalue weighted by Gasteiger charge is -2.21. The van der Waals surface area contributed by atoms with E-state index in [0.29, 0.717) is 6.42 Å². The Morgan fingerprint density at radius 1 is 1.67 bits per heavy atom. The van der Waals surface area contributed by atoms with Crippen LogP contribution in [0.3, 0.4) is 0 Å². The number of alkyl carbamates (subject to hydrolysis) is 1. The van der Waals surface area contributed by atoms with Crippen molar-refractivity contribution in [3.05, 3.63) is 6.92 Å². The standard InChI is InChI=1S/C8H17N2O2/c1-5-6(9)10-7(11)12-8(2,3)4/h6H,1,5,9H2,2-4H3,(H,10,11). The minimum atomic E-state index is -0.501. The van der Waals surface area contributed by atoms with Crippen LogP contribution in [0.15, 0.2) is 0 Å². The third-order valence-electron chi connectivity index (χ3n) is 1.01. The van der Waals surface area contributed by atoms with Crippen LogP contribution in [0, 0.1) is 6.92 Å². The lowest BCUT2D eigenvalue weighted by Crippen LogP contribution is -2.43. The summed E-state index contributed by atoms with van der Waals surface area (Å²) in [6.45, 7) is 8.92. The van der Waals surface area contributed by atoms with Gasteiger partial charge >= 0.3 is 6.09 Å². The molecule has 4 nitrogen and oxygen atoms in total. The van der Waals surface area contributed by atoms with Crippen molar-refractivity contribution in [2.45, 2.75) is 39.0 Å². The summed E-state index contributed by atoms with van der Waals surface area (Å²) in [5.74, 6) is 0. The average molecular weight is 173 g/mol. The number of hydrogen-bond acceptors (Lipinski definition) is 3. The van der Waals surface area contributed by atoms with Gasteiger partial charge in [0.05, 0.1) is 6.17 Å². The number of carbonyl (C=O) groups excluding carboxylic acids is 1. The highest BCUT2D eigenvalue weighted by molar-refractivity contribution is 5.67. The van der Waals surface area contributed by atoms with Crippen molar-refractivity contribution >= 4 is 6.09 Å². The lowest BCUT2D eigenvalue weighted by atomic mass is 10.2. The Bertz CT molecular complexity index is 152. The molecule has 0 rings (SSSR count). The summed E-state index contributed by atoms with van der Waals surface area (Å²) in [5.41, 5.74) is 4.94. The van der Waals surface area contributed by atoms with E-state index in [0.717, 1.165) is 0 Å². The zero-order chi connectivity index (χ0) is 9.78. The summed E-state index contributed by atoms with van der Waals surface area (Å²) in [6.07, 6.45) is -0.488. The van der Waals surface area contributed by atoms with E-state index in [1.165, 1.54) is 0 Å². The summed E-state index contributed by atoms with van der Waals surface area (Å²) in [6, 6.07) is 0. The first-order valence-corrected chi connectivity index (χ1v) is 3.89. The predicted octanol–water partition coefficient (Wildman–Crippen LogP) is 1.02. The second-order valence-electron chi connectivity index (χ2n) is 3.54. The Hall–Kier alpha value is -0.770. The summed E-state index contributed by atoms with van der Waals surface area (Å²) < 4.78 is 4.95. The Kier molecular flexibility index (Phi) is 4.03. The van der Waals surface area contributed by atoms with E-state index >= 15 is 0 Å². The highest BCUT2D eigenvalue weighted by Gasteiger charge is 2.16. The van der Waals surface area contributed by atoms with E-state index in [-0.39, 0.29) is 0 Å². The summed E-state index contributed by atoms with van der Waals surface area (Å²) in [7, 11) is 0. The van der Waals surface area contributed by atoms with Gasteiger partial charge in [-0.15, -0.1) is 0 Å². The van der Waals surface area contributed by atoms with E-state index < -0.39 is 17.9 Å². The molecule has 3 N–H and O–H groups in total. The van der Waals surface area contributed by atoms with E-state index in [1.807, 2.05) is 0 Å². The molecule has 0 bridgehead atoms. The third kappa shape index (κ3) is 5.97. The lowest BCUT2D eigenvalue weighted by molar-refractivity contribution is 0.0506. The number of amides is 1. The maximum absolute atomic E-state index is 11.0. The van der Waals surface area contributed by atoms with Crippen molar-refractivity contribution in [1.29, 1.82) is 0 Å². The van der Waals surface area contributed by atoms with Crippen molar-refractivity contribution in [1.82, 2.24) is 5.32 Å². The topological polar surface area (TPSA) is 64.3 Å². The molecule has 1 unspecified atom stereocenters. The Labute approximate surface area is 73.5 Å². The molecule has 1 atom stereocenters. The van der Waals surface area contributed by atoms with Gasteiger partial charge in [0.2, 0.25) is 0 Å². The minimum Gasteiger partial charge on any atom is -0.444 e. The minimum absolute atomic E-state index is 0.431. The molecule has 1 amide bonds. The number of rotatable bonds is 2. The molecule has 12 heavy (non-hydrogen) atoms. The first-order chi connectivity index (χ1) is 5.35. The largest absolute Gasteiger partial charge is 0.444 e. The predicted molar refractivity (Wildman–Crippen MR) is 47.3 cm³/mol. The molecule has 0 aromatic rings. The first-order valence-electron chi connectivity index (χ1n) is 3.89. The van der Waals surface area contributed by atoms with Crippen LogP contribution in [-0.2, 0) is 4.74 Å². The van der Waals surface area contributed by atoms with Crippen LogP contribution in [0.4, 0.5) is 4.79 Å². The normalized spacial score (nSPS) is 13.8. The van der Waals surface area contributed by atoms with Crippen molar-refractivity contribution in [2.75, 3.05) is 0 Å². The molecular weight excluding hydrogens is 156 g/mol. The molecule has 71 valence electrons. The second-order valence-corrected chi connectivity index (χ2v) is 3.54. The van der Waals surface area contributed by atoms with Gasteiger partial charge in [-0.05, 0) is 34.1 Å². The van der Waals surface area contributed by atoms with Gasteiger partial charge in [0.15, 0.2) is 0 Å². The fourth-order valence-electron chi connectivity index (χ4n) is 0.531. The maximum atomic E-state index is 11.0. The molecular formula is C8H17N2O2. The smallest absolute Gasteiger partial charge is 0.408 e. The molecule has 0 saturated heterocycles. The SMILES string of the molecule is [CH2]CC(N)NC(=O)OC(C)(C)C. The van der Waals surface area contributed by atoms with E-state index in [2.05, 4.69) is 12.2 Å². The third-order valence-corrected chi connectivity index (χ3v) is 1.01. The van der Waals surface area contributed by atoms with Crippen molar-refractivity contribution in [3.63, 3.8) is 0 Å². The molecule has 0 aliphatic rings. The molecule has 0 fully saturated rings. The van der Waals surface area contributed by atoms with E-state index in [4.69, 9.17) is 10.5 Å². The van der Waals surface area contributed by atoms with Gasteiger partial charge < -0.3 is 15.8 Å². The molecule has 0 heterocycles. The molecule has 0 aromatic carbocycles. The highest BCUT2D eigenvalue weighted by Crippen LogP contribution is 2.06. The van der Waals surface area contributed by atoms with Crippen LogP contribution in [0.5, 0.6) is 0 Å². The maximum Gasteiger partial charge on any atom is 0.408 e. The van der Waals surface area contributed by atoms with Crippen LogP contribution in [0.1, 0.15) is 27.2 Å². The average Bonchev–Trinajstić information content (AvgIpc) is 1.82. The fraction of sp³-hybridized carbons (Fsp3) is 0.750. The van der Waals surface area contributed by atoms with Crippen LogP contribution >= 0.6 is 0 Å². The molecule has 0 spiro atoms. The van der Waals surface area contributed by atoms with Crippen LogP contribution in [0.2, 0.25) is 0 Å². The van der Waals surface area contributed by atoms with Gasteiger partial charge in [-0.25, -0.2) is 4.79 Å². The Morgan fingerprint density at radius 2 is 2.17 bits per heavy atom. The molecule has 4 heteroatoms. The van der Waals surface area contributed by atoms with Crippen molar-refractivity contribution in [2.24, 2.45) is 5.73 Å². The summed E-state index contributed by atoms with van der Waals surface area (Å²) in [5, 5.41) is 2.44. The van der Waals surface area contributed by atoms with Crippen LogP contribution in [-0.4, -0.2) is 17.9 Å². The Morgan fingerprint density at radius 3 is 2.50 bits per heavy atom. The summed E-state index contributed by atoms with van der Waals surface area (Å²) in [4.78, 5) is 11.0. The molecule has 1 radical (unpaired) electrons. The number of nitrogens with two attached hydrogens (primary N) is 1. The number of carbonyl (C=O) groups is 1. The van der Waals surface area contributed by atoms with Gasteiger partial charge in [-0.2, -0.15) is 0 Å². The van der Waals surface area contributed by atoms with Gasteiger partial charge in [0.1, 0.15) is 5.60 Å². The molecule has 0 aliphatic heterocycles. The zero-order valence-electron chi connectivity index (χ0n) is 7.89. The number of hydrogen-bond donors (Lipinski definition) is 2. The second kappa shape index (κ2) is 4.30. The van der Waals surface area contributed by atoms with Crippen LogP contribution < -0.4 is 11.1 Å². The van der Waals surface area contributed by atoms with Crippen molar-refractivity contribution in [3.8, 4) is 0 Å². The van der Waals surface area contributed by atoms with E-state index in [9.17, 15) is 4.79 Å². The summed E-state index contributed by atoms with van der Waals surface area (Å²) >= 11 is 0. The van der Waals surface area contributed by atoms with Gasteiger partial charge in [-0.3, -0.25) is 0 Å². The van der Waals surface area contributed by atoms with Gasteiger partial charge in [0, 0.05) is 0 Å². The van der Waals surface area contributed by atoms with E-state index in [1.54, 1.807) is 20.8 Å². The first kappa shape index (κ1) is 11.2. The molecule has 0 aliphatic carbocycles. The molecule has 0 saturated carbocycles. The van der Waals surface area contributed by atoms with Crippen molar-refractivity contribution < 1.29 is 9.53 Å². The quantitative estimate of drug-likeness (QED) is 0.613. The highest BCUT2D eigenvalue weighted by atomic mass is 16.6. The molecule has 0 aromatic heterocycles. The number of ether oxygens (including phenoxy) is 1. The zero-order valence-corrected chi connectivity index (χ0v) is 7.89. The fourth-order valence-corrected chi connectivity index (χ4v) is 0.531. The monoisotopic (exact) mass is 173 g/mol. The number of nitrogens with one attached hydrogen (secondary N) is 1. The Balaban J connectivity index is 3.75. The van der Waals surface area contributed by atoms with Gasteiger partial charge in [0.25, 0.3) is 0 Å². The van der Waals surface area contributed by atoms with Gasteiger partial charge in [-0.1, -0.05) is 0 Å².